The Labute approximate surface area is 99.0 Å². The molecule has 88 valence electrons. The van der Waals surface area contributed by atoms with Gasteiger partial charge in [-0.05, 0) is 22.0 Å². The maximum atomic E-state index is 6.19. The van der Waals surface area contributed by atoms with E-state index in [1.807, 2.05) is 0 Å². The van der Waals surface area contributed by atoms with Gasteiger partial charge in [0.15, 0.2) is 0 Å². The lowest BCUT2D eigenvalue weighted by molar-refractivity contribution is 0.566. The summed E-state index contributed by atoms with van der Waals surface area (Å²) in [6.07, 6.45) is 0. The zero-order valence-corrected chi connectivity index (χ0v) is 11.0. The van der Waals surface area contributed by atoms with E-state index in [0.717, 1.165) is 0 Å². The highest BCUT2D eigenvalue weighted by atomic mass is 14.8. The molecule has 1 fully saturated rings. The Morgan fingerprint density at radius 2 is 1.62 bits per heavy atom. The highest BCUT2D eigenvalue weighted by Gasteiger charge is 2.56. The number of benzene rings is 1. The highest BCUT2D eigenvalue weighted by molar-refractivity contribution is 5.43. The molecule has 0 aromatic heterocycles. The summed E-state index contributed by atoms with van der Waals surface area (Å²) in [5.41, 5.74) is 9.55. The van der Waals surface area contributed by atoms with Crippen molar-refractivity contribution in [3.05, 3.63) is 35.4 Å². The Kier molecular flexibility index (Phi) is 2.43. The predicted molar refractivity (Wildman–Crippen MR) is 69.6 cm³/mol. The van der Waals surface area contributed by atoms with E-state index in [-0.39, 0.29) is 10.8 Å². The summed E-state index contributed by atoms with van der Waals surface area (Å²) >= 11 is 0. The maximum absolute atomic E-state index is 6.19. The summed E-state index contributed by atoms with van der Waals surface area (Å²) in [6, 6.07) is 9.07. The minimum absolute atomic E-state index is 0.203. The third kappa shape index (κ3) is 1.67. The molecule has 2 atom stereocenters. The Hall–Kier alpha value is -0.820. The molecule has 1 aromatic carbocycles. The molecule has 1 saturated carbocycles. The first-order valence-electron chi connectivity index (χ1n) is 6.11. The Morgan fingerprint density at radius 1 is 1.12 bits per heavy atom. The van der Waals surface area contributed by atoms with Crippen molar-refractivity contribution in [2.24, 2.45) is 11.1 Å². The van der Waals surface area contributed by atoms with E-state index < -0.39 is 0 Å². The van der Waals surface area contributed by atoms with Gasteiger partial charge in [0.2, 0.25) is 0 Å². The van der Waals surface area contributed by atoms with Crippen molar-refractivity contribution in [3.8, 4) is 0 Å². The van der Waals surface area contributed by atoms with Crippen LogP contribution < -0.4 is 5.73 Å². The van der Waals surface area contributed by atoms with E-state index >= 15 is 0 Å². The van der Waals surface area contributed by atoms with E-state index in [4.69, 9.17) is 5.73 Å². The van der Waals surface area contributed by atoms with Gasteiger partial charge >= 0.3 is 0 Å². The lowest BCUT2D eigenvalue weighted by atomic mass is 9.81. The van der Waals surface area contributed by atoms with Crippen molar-refractivity contribution in [2.45, 2.75) is 52.0 Å². The van der Waals surface area contributed by atoms with Gasteiger partial charge in [-0.2, -0.15) is 0 Å². The highest BCUT2D eigenvalue weighted by Crippen LogP contribution is 2.58. The Bertz CT molecular complexity index is 398. The van der Waals surface area contributed by atoms with Gasteiger partial charge in [0.1, 0.15) is 0 Å². The average Bonchev–Trinajstić information content (AvgIpc) is 2.65. The van der Waals surface area contributed by atoms with Crippen LogP contribution >= 0.6 is 0 Å². The molecule has 1 nitrogen and oxygen atoms in total. The lowest BCUT2D eigenvalue weighted by Gasteiger charge is -2.23. The van der Waals surface area contributed by atoms with Gasteiger partial charge in [0.05, 0.1) is 0 Å². The predicted octanol–water partition coefficient (Wildman–Crippen LogP) is 3.43. The van der Waals surface area contributed by atoms with Crippen molar-refractivity contribution < 1.29 is 0 Å². The van der Waals surface area contributed by atoms with Crippen LogP contribution in [0.25, 0.3) is 0 Å². The van der Waals surface area contributed by atoms with E-state index in [1.165, 1.54) is 11.1 Å². The summed E-state index contributed by atoms with van der Waals surface area (Å²) in [4.78, 5) is 0. The monoisotopic (exact) mass is 217 g/mol. The Balaban J connectivity index is 2.44. The van der Waals surface area contributed by atoms with Gasteiger partial charge in [-0.1, -0.05) is 58.9 Å². The summed E-state index contributed by atoms with van der Waals surface area (Å²) in [7, 11) is 0. The first-order chi connectivity index (χ1) is 7.26. The third-order valence-electron chi connectivity index (χ3n) is 4.01. The molecule has 2 rings (SSSR count). The number of hydrogen-bond acceptors (Lipinski definition) is 1. The van der Waals surface area contributed by atoms with Gasteiger partial charge in [0.25, 0.3) is 0 Å². The molecule has 1 aliphatic carbocycles. The van der Waals surface area contributed by atoms with Gasteiger partial charge in [-0.15, -0.1) is 0 Å². The molecule has 16 heavy (non-hydrogen) atoms. The van der Waals surface area contributed by atoms with Crippen LogP contribution in [-0.2, 0) is 5.41 Å². The zero-order chi connectivity index (χ0) is 12.1. The third-order valence-corrected chi connectivity index (χ3v) is 4.01. The molecule has 1 aromatic rings. The lowest BCUT2D eigenvalue weighted by Crippen LogP contribution is -2.15. The quantitative estimate of drug-likeness (QED) is 0.766. The molecule has 0 bridgehead atoms. The molecule has 0 aliphatic heterocycles. The summed E-state index contributed by atoms with van der Waals surface area (Å²) in [6.45, 7) is 11.3. The first-order valence-corrected chi connectivity index (χ1v) is 6.11. The largest absolute Gasteiger partial charge is 0.327 e. The number of nitrogens with two attached hydrogens (primary N) is 1. The second-order valence-corrected chi connectivity index (χ2v) is 6.66. The molecule has 2 unspecified atom stereocenters. The molecular formula is C15H23N. The molecule has 2 N–H and O–H groups in total. The van der Waals surface area contributed by atoms with Crippen LogP contribution in [0.2, 0.25) is 0 Å². The van der Waals surface area contributed by atoms with Crippen LogP contribution in [0.3, 0.4) is 0 Å². The van der Waals surface area contributed by atoms with Crippen molar-refractivity contribution >= 4 is 0 Å². The molecule has 1 aliphatic rings. The fourth-order valence-corrected chi connectivity index (χ4v) is 2.72. The SMILES string of the molecule is CC(C)(C)c1ccccc1C1C(N)C1(C)C. The molecule has 0 radical (unpaired) electrons. The second-order valence-electron chi connectivity index (χ2n) is 6.66. The summed E-state index contributed by atoms with van der Waals surface area (Å²) in [5, 5.41) is 0. The number of rotatable bonds is 1. The summed E-state index contributed by atoms with van der Waals surface area (Å²) < 4.78 is 0. The van der Waals surface area contributed by atoms with Crippen LogP contribution in [0, 0.1) is 5.41 Å². The zero-order valence-electron chi connectivity index (χ0n) is 11.0. The topological polar surface area (TPSA) is 26.0 Å². The fourth-order valence-electron chi connectivity index (χ4n) is 2.72. The van der Waals surface area contributed by atoms with E-state index in [0.29, 0.717) is 12.0 Å². The normalized spacial score (nSPS) is 27.9. The molecule has 0 heterocycles. The standard InChI is InChI=1S/C15H23N/c1-14(2,3)11-9-7-6-8-10(11)12-13(16)15(12,4)5/h6-9,12-13H,16H2,1-5H3. The first kappa shape index (κ1) is 11.7. The van der Waals surface area contributed by atoms with Gasteiger partial charge in [-0.3, -0.25) is 0 Å². The Morgan fingerprint density at radius 3 is 2.06 bits per heavy atom. The second kappa shape index (κ2) is 3.33. The van der Waals surface area contributed by atoms with Crippen LogP contribution in [0.4, 0.5) is 0 Å². The molecule has 0 spiro atoms. The van der Waals surface area contributed by atoms with Crippen LogP contribution in [0.5, 0.6) is 0 Å². The number of hydrogen-bond donors (Lipinski definition) is 1. The molecule has 1 heteroatoms. The molecular weight excluding hydrogens is 194 g/mol. The molecule has 0 saturated heterocycles. The van der Waals surface area contributed by atoms with E-state index in [2.05, 4.69) is 58.9 Å². The van der Waals surface area contributed by atoms with Crippen LogP contribution in [-0.4, -0.2) is 6.04 Å². The van der Waals surface area contributed by atoms with Gasteiger partial charge in [0, 0.05) is 12.0 Å². The summed E-state index contributed by atoms with van der Waals surface area (Å²) in [5.74, 6) is 0.530. The van der Waals surface area contributed by atoms with Gasteiger partial charge in [-0.25, -0.2) is 0 Å². The average molecular weight is 217 g/mol. The van der Waals surface area contributed by atoms with Crippen molar-refractivity contribution in [1.82, 2.24) is 0 Å². The van der Waals surface area contributed by atoms with Crippen molar-refractivity contribution in [1.29, 1.82) is 0 Å². The van der Waals surface area contributed by atoms with E-state index in [1.54, 1.807) is 0 Å². The van der Waals surface area contributed by atoms with Crippen LogP contribution in [0.1, 0.15) is 51.7 Å². The maximum Gasteiger partial charge on any atom is 0.0172 e. The smallest absolute Gasteiger partial charge is 0.0172 e. The van der Waals surface area contributed by atoms with Gasteiger partial charge < -0.3 is 5.73 Å². The fraction of sp³-hybridized carbons (Fsp3) is 0.600. The van der Waals surface area contributed by atoms with Crippen molar-refractivity contribution in [2.75, 3.05) is 0 Å². The molecule has 0 amide bonds. The minimum Gasteiger partial charge on any atom is -0.327 e. The van der Waals surface area contributed by atoms with E-state index in [9.17, 15) is 0 Å². The van der Waals surface area contributed by atoms with Crippen molar-refractivity contribution in [3.63, 3.8) is 0 Å². The van der Waals surface area contributed by atoms with Crippen LogP contribution in [0.15, 0.2) is 24.3 Å². The minimum atomic E-state index is 0.203.